The van der Waals surface area contributed by atoms with Crippen LogP contribution in [0.15, 0.2) is 30.3 Å². The molecule has 2 saturated heterocycles. The van der Waals surface area contributed by atoms with Crippen LogP contribution in [0.4, 0.5) is 0 Å². The molecule has 2 fully saturated rings. The van der Waals surface area contributed by atoms with Crippen LogP contribution in [-0.4, -0.2) is 23.3 Å². The largest absolute Gasteiger partial charge is 0.361 e. The molecule has 0 N–H and O–H groups in total. The highest BCUT2D eigenvalue weighted by atomic mass is 16.5. The van der Waals surface area contributed by atoms with E-state index in [9.17, 15) is 10.5 Å². The first kappa shape index (κ1) is 12.2. The molecule has 19 heavy (non-hydrogen) atoms. The number of ether oxygens (including phenoxy) is 1. The molecule has 0 unspecified atom stereocenters. The van der Waals surface area contributed by atoms with Gasteiger partial charge in [-0.2, -0.15) is 10.5 Å². The van der Waals surface area contributed by atoms with Crippen LogP contribution in [0.3, 0.4) is 0 Å². The third-order valence-electron chi connectivity index (χ3n) is 4.08. The van der Waals surface area contributed by atoms with E-state index < -0.39 is 5.54 Å². The van der Waals surface area contributed by atoms with Gasteiger partial charge >= 0.3 is 0 Å². The van der Waals surface area contributed by atoms with Crippen molar-refractivity contribution in [1.29, 1.82) is 10.5 Å². The number of hydrogen-bond acceptors (Lipinski definition) is 4. The molecule has 1 aromatic carbocycles. The number of piperidine rings is 1. The summed E-state index contributed by atoms with van der Waals surface area (Å²) < 4.78 is 5.81. The van der Waals surface area contributed by atoms with Gasteiger partial charge in [0.25, 0.3) is 0 Å². The van der Waals surface area contributed by atoms with E-state index in [1.165, 1.54) is 0 Å². The van der Waals surface area contributed by atoms with E-state index in [4.69, 9.17) is 4.74 Å². The van der Waals surface area contributed by atoms with Gasteiger partial charge in [-0.15, -0.1) is 0 Å². The molecule has 0 saturated carbocycles. The molecule has 4 nitrogen and oxygen atoms in total. The van der Waals surface area contributed by atoms with Crippen LogP contribution >= 0.6 is 0 Å². The van der Waals surface area contributed by atoms with Crippen LogP contribution in [0.25, 0.3) is 0 Å². The summed E-state index contributed by atoms with van der Waals surface area (Å²) >= 11 is 0. The van der Waals surface area contributed by atoms with Crippen LogP contribution in [0.2, 0.25) is 0 Å². The fraction of sp³-hybridized carbons (Fsp3) is 0.467. The van der Waals surface area contributed by atoms with E-state index >= 15 is 0 Å². The van der Waals surface area contributed by atoms with Crippen molar-refractivity contribution >= 4 is 0 Å². The lowest BCUT2D eigenvalue weighted by Crippen LogP contribution is -2.53. The Balaban J connectivity index is 2.01. The Morgan fingerprint density at radius 2 is 1.95 bits per heavy atom. The summed E-state index contributed by atoms with van der Waals surface area (Å²) in [5.41, 5.74) is 0.0710. The second-order valence-corrected chi connectivity index (χ2v) is 5.10. The number of rotatable bonds is 1. The van der Waals surface area contributed by atoms with Gasteiger partial charge in [0, 0.05) is 0 Å². The van der Waals surface area contributed by atoms with Crippen molar-refractivity contribution < 1.29 is 4.74 Å². The second-order valence-electron chi connectivity index (χ2n) is 5.10. The molecule has 2 aliphatic rings. The van der Waals surface area contributed by atoms with Gasteiger partial charge in [-0.3, -0.25) is 0 Å². The summed E-state index contributed by atoms with van der Waals surface area (Å²) in [6.07, 6.45) is 2.26. The lowest BCUT2D eigenvalue weighted by Gasteiger charge is -2.41. The molecule has 0 amide bonds. The minimum atomic E-state index is -1.04. The van der Waals surface area contributed by atoms with Gasteiger partial charge < -0.3 is 4.74 Å². The number of nitrogens with zero attached hydrogens (tertiary/aromatic N) is 3. The van der Waals surface area contributed by atoms with Crippen LogP contribution in [0.5, 0.6) is 0 Å². The molecular weight excluding hydrogens is 238 g/mol. The van der Waals surface area contributed by atoms with Gasteiger partial charge in [0.2, 0.25) is 0 Å². The Bertz CT molecular complexity index is 529. The zero-order valence-corrected chi connectivity index (χ0v) is 10.6. The Kier molecular flexibility index (Phi) is 2.98. The number of nitriles is 2. The predicted molar refractivity (Wildman–Crippen MR) is 68.6 cm³/mol. The van der Waals surface area contributed by atoms with E-state index in [-0.39, 0.29) is 12.3 Å². The highest BCUT2D eigenvalue weighted by Gasteiger charge is 2.52. The average molecular weight is 253 g/mol. The number of fused-ring (bicyclic) bond motifs is 1. The lowest BCUT2D eigenvalue weighted by atomic mass is 9.86. The van der Waals surface area contributed by atoms with Gasteiger partial charge in [0.05, 0.1) is 12.6 Å². The first-order valence-corrected chi connectivity index (χ1v) is 6.58. The summed E-state index contributed by atoms with van der Waals surface area (Å²) in [6, 6.07) is 14.4. The molecule has 96 valence electrons. The maximum Gasteiger partial charge on any atom is 0.199 e. The summed E-state index contributed by atoms with van der Waals surface area (Å²) in [6.45, 7) is 0.555. The number of hydrogen-bond donors (Lipinski definition) is 0. The highest BCUT2D eigenvalue weighted by Crippen LogP contribution is 2.43. The molecule has 0 aromatic heterocycles. The zero-order chi connectivity index (χ0) is 13.3. The molecule has 4 heteroatoms. The minimum Gasteiger partial charge on any atom is -0.361 e. The first-order valence-electron chi connectivity index (χ1n) is 6.58. The maximum absolute atomic E-state index is 9.48. The normalized spacial score (nSPS) is 29.2. The van der Waals surface area contributed by atoms with Crippen molar-refractivity contribution in [2.75, 3.05) is 6.61 Å². The van der Waals surface area contributed by atoms with Crippen molar-refractivity contribution in [2.24, 2.45) is 0 Å². The quantitative estimate of drug-likeness (QED) is 0.770. The monoisotopic (exact) mass is 253 g/mol. The minimum absolute atomic E-state index is 0.00537. The summed E-state index contributed by atoms with van der Waals surface area (Å²) in [5, 5.41) is 19.0. The fourth-order valence-corrected chi connectivity index (χ4v) is 3.14. The van der Waals surface area contributed by atoms with E-state index in [1.54, 1.807) is 0 Å². The Labute approximate surface area is 112 Å². The fourth-order valence-electron chi connectivity index (χ4n) is 3.14. The van der Waals surface area contributed by atoms with E-state index in [1.807, 2.05) is 35.2 Å². The SMILES string of the molecule is N#CC1(C#N)CCC[C@H]2OC[C@@H](c3ccccc3)N21. The van der Waals surface area contributed by atoms with E-state index in [0.717, 1.165) is 18.4 Å². The average Bonchev–Trinajstić information content (AvgIpc) is 2.92. The maximum atomic E-state index is 9.48. The highest BCUT2D eigenvalue weighted by molar-refractivity contribution is 5.29. The van der Waals surface area contributed by atoms with Crippen molar-refractivity contribution in [1.82, 2.24) is 4.90 Å². The van der Waals surface area contributed by atoms with Gasteiger partial charge in [0.1, 0.15) is 18.4 Å². The standard InChI is InChI=1S/C15H15N3O/c16-10-15(11-17)8-4-7-14-18(15)13(9-19-14)12-5-2-1-3-6-12/h1-3,5-6,13-14H,4,7-9H2/t13-,14+/m0/s1. The molecule has 1 aromatic rings. The topological polar surface area (TPSA) is 60.1 Å². The summed E-state index contributed by atoms with van der Waals surface area (Å²) in [5.74, 6) is 0. The molecule has 2 atom stereocenters. The molecule has 0 spiro atoms. The Morgan fingerprint density at radius 3 is 2.63 bits per heavy atom. The third kappa shape index (κ3) is 1.81. The summed E-state index contributed by atoms with van der Waals surface area (Å²) in [7, 11) is 0. The van der Waals surface area contributed by atoms with Gasteiger partial charge in [-0.05, 0) is 24.8 Å². The van der Waals surface area contributed by atoms with Gasteiger partial charge in [-0.25, -0.2) is 4.90 Å². The van der Waals surface area contributed by atoms with Crippen molar-refractivity contribution in [3.05, 3.63) is 35.9 Å². The molecular formula is C15H15N3O. The van der Waals surface area contributed by atoms with Crippen LogP contribution in [0, 0.1) is 22.7 Å². The van der Waals surface area contributed by atoms with Crippen molar-refractivity contribution in [2.45, 2.75) is 37.1 Å². The molecule has 2 heterocycles. The first-order chi connectivity index (χ1) is 9.30. The molecule has 3 rings (SSSR count). The molecule has 2 aliphatic heterocycles. The lowest BCUT2D eigenvalue weighted by molar-refractivity contribution is -0.0329. The molecule has 0 aliphatic carbocycles. The zero-order valence-electron chi connectivity index (χ0n) is 10.6. The number of benzene rings is 1. The van der Waals surface area contributed by atoms with E-state index in [2.05, 4.69) is 12.1 Å². The second kappa shape index (κ2) is 4.66. The molecule has 0 bridgehead atoms. The van der Waals surface area contributed by atoms with Gasteiger partial charge in [0.15, 0.2) is 5.54 Å². The van der Waals surface area contributed by atoms with Gasteiger partial charge in [-0.1, -0.05) is 30.3 Å². The smallest absolute Gasteiger partial charge is 0.199 e. The van der Waals surface area contributed by atoms with E-state index in [0.29, 0.717) is 13.0 Å². The van der Waals surface area contributed by atoms with Crippen molar-refractivity contribution in [3.8, 4) is 12.1 Å². The van der Waals surface area contributed by atoms with Crippen LogP contribution in [-0.2, 0) is 4.74 Å². The third-order valence-corrected chi connectivity index (χ3v) is 4.08. The predicted octanol–water partition coefficient (Wildman–Crippen LogP) is 2.36. The van der Waals surface area contributed by atoms with Crippen LogP contribution < -0.4 is 0 Å². The Hall–Kier alpha value is -1.88. The van der Waals surface area contributed by atoms with Crippen LogP contribution in [0.1, 0.15) is 30.9 Å². The summed E-state index contributed by atoms with van der Waals surface area (Å²) in [4.78, 5) is 1.98. The molecule has 0 radical (unpaired) electrons. The van der Waals surface area contributed by atoms with Crippen molar-refractivity contribution in [3.63, 3.8) is 0 Å². The Morgan fingerprint density at radius 1 is 1.21 bits per heavy atom.